The van der Waals surface area contributed by atoms with Crippen LogP contribution in [-0.2, 0) is 11.2 Å². The average Bonchev–Trinajstić information content (AvgIpc) is 2.34. The molecule has 2 atom stereocenters. The number of hydrogen-bond donors (Lipinski definition) is 2. The number of carboxylic acids is 1. The Morgan fingerprint density at radius 1 is 1.39 bits per heavy atom. The molecule has 0 bridgehead atoms. The third-order valence-corrected chi connectivity index (χ3v) is 3.75. The van der Waals surface area contributed by atoms with Crippen LogP contribution in [0.4, 0.5) is 0 Å². The molecule has 0 saturated carbocycles. The Morgan fingerprint density at radius 3 is 2.89 bits per heavy atom. The summed E-state index contributed by atoms with van der Waals surface area (Å²) in [6, 6.07) is 6.39. The molecule has 2 unspecified atom stereocenters. The van der Waals surface area contributed by atoms with Crippen LogP contribution in [0.25, 0.3) is 0 Å². The molecule has 0 aliphatic carbocycles. The van der Waals surface area contributed by atoms with Crippen molar-refractivity contribution < 1.29 is 9.90 Å². The van der Waals surface area contributed by atoms with Gasteiger partial charge in [0.2, 0.25) is 0 Å². The first-order valence-electron chi connectivity index (χ1n) is 6.61. The lowest BCUT2D eigenvalue weighted by atomic mass is 9.92. The van der Waals surface area contributed by atoms with Gasteiger partial charge in [-0.05, 0) is 50.7 Å². The smallest absolute Gasteiger partial charge is 0.320 e. The van der Waals surface area contributed by atoms with Gasteiger partial charge in [0.1, 0.15) is 6.04 Å². The van der Waals surface area contributed by atoms with Crippen LogP contribution in [0.1, 0.15) is 36.0 Å². The van der Waals surface area contributed by atoms with E-state index in [2.05, 4.69) is 37.4 Å². The van der Waals surface area contributed by atoms with Crippen molar-refractivity contribution in [3.05, 3.63) is 34.9 Å². The molecule has 1 aromatic carbocycles. The predicted molar refractivity (Wildman–Crippen MR) is 71.8 cm³/mol. The van der Waals surface area contributed by atoms with E-state index < -0.39 is 5.97 Å². The first-order valence-corrected chi connectivity index (χ1v) is 6.61. The molecule has 18 heavy (non-hydrogen) atoms. The molecule has 1 aromatic rings. The minimum absolute atomic E-state index is 0.292. The van der Waals surface area contributed by atoms with Crippen LogP contribution in [0.2, 0.25) is 0 Å². The SMILES string of the molecule is Cc1ccc(C)c(CC2CCCC(C(=O)O)N2)c1. The highest BCUT2D eigenvalue weighted by molar-refractivity contribution is 5.73. The average molecular weight is 247 g/mol. The highest BCUT2D eigenvalue weighted by Gasteiger charge is 2.26. The van der Waals surface area contributed by atoms with E-state index in [0.29, 0.717) is 6.04 Å². The maximum Gasteiger partial charge on any atom is 0.320 e. The fourth-order valence-electron chi connectivity index (χ4n) is 2.66. The van der Waals surface area contributed by atoms with Crippen LogP contribution in [0.3, 0.4) is 0 Å². The molecule has 1 saturated heterocycles. The van der Waals surface area contributed by atoms with Gasteiger partial charge in [-0.25, -0.2) is 0 Å². The van der Waals surface area contributed by atoms with Crippen molar-refractivity contribution in [3.63, 3.8) is 0 Å². The molecule has 0 aromatic heterocycles. The van der Waals surface area contributed by atoms with Crippen LogP contribution in [0.15, 0.2) is 18.2 Å². The molecule has 98 valence electrons. The largest absolute Gasteiger partial charge is 0.480 e. The Balaban J connectivity index is 2.04. The van der Waals surface area contributed by atoms with Crippen LogP contribution < -0.4 is 5.32 Å². The van der Waals surface area contributed by atoms with Gasteiger partial charge in [-0.15, -0.1) is 0 Å². The summed E-state index contributed by atoms with van der Waals surface area (Å²) in [6.45, 7) is 4.21. The third kappa shape index (κ3) is 3.10. The second kappa shape index (κ2) is 5.53. The van der Waals surface area contributed by atoms with Crippen molar-refractivity contribution in [2.45, 2.75) is 51.6 Å². The summed E-state index contributed by atoms with van der Waals surface area (Å²) < 4.78 is 0. The van der Waals surface area contributed by atoms with Gasteiger partial charge >= 0.3 is 5.97 Å². The van der Waals surface area contributed by atoms with Gasteiger partial charge in [0.25, 0.3) is 0 Å². The molecule has 0 radical (unpaired) electrons. The van der Waals surface area contributed by atoms with Gasteiger partial charge < -0.3 is 10.4 Å². The zero-order valence-electron chi connectivity index (χ0n) is 11.1. The number of benzene rings is 1. The lowest BCUT2D eigenvalue weighted by molar-refractivity contribution is -0.140. The second-order valence-electron chi connectivity index (χ2n) is 5.32. The minimum Gasteiger partial charge on any atom is -0.480 e. The van der Waals surface area contributed by atoms with E-state index in [1.165, 1.54) is 16.7 Å². The summed E-state index contributed by atoms with van der Waals surface area (Å²) in [6.07, 6.45) is 3.74. The van der Waals surface area contributed by atoms with Gasteiger partial charge in [0.05, 0.1) is 0 Å². The monoisotopic (exact) mass is 247 g/mol. The molecule has 0 amide bonds. The van der Waals surface area contributed by atoms with Crippen molar-refractivity contribution in [1.82, 2.24) is 5.32 Å². The minimum atomic E-state index is -0.722. The lowest BCUT2D eigenvalue weighted by Crippen LogP contribution is -2.47. The number of nitrogens with one attached hydrogen (secondary N) is 1. The first kappa shape index (κ1) is 13.1. The molecule has 1 fully saturated rings. The number of carboxylic acid groups (broad SMARTS) is 1. The molecule has 2 rings (SSSR count). The number of carbonyl (C=O) groups is 1. The van der Waals surface area contributed by atoms with E-state index in [9.17, 15) is 4.79 Å². The number of hydrogen-bond acceptors (Lipinski definition) is 2. The lowest BCUT2D eigenvalue weighted by Gasteiger charge is -2.29. The Morgan fingerprint density at radius 2 is 2.17 bits per heavy atom. The Bertz CT molecular complexity index is 442. The van der Waals surface area contributed by atoms with Gasteiger partial charge in [-0.3, -0.25) is 4.79 Å². The molecule has 2 N–H and O–H groups in total. The van der Waals surface area contributed by atoms with Crippen molar-refractivity contribution >= 4 is 5.97 Å². The molecule has 1 aliphatic heterocycles. The Kier molecular flexibility index (Phi) is 4.02. The van der Waals surface area contributed by atoms with Crippen LogP contribution in [0, 0.1) is 13.8 Å². The molecular weight excluding hydrogens is 226 g/mol. The Labute approximate surface area is 108 Å². The number of aliphatic carboxylic acids is 1. The van der Waals surface area contributed by atoms with Crippen molar-refractivity contribution in [1.29, 1.82) is 0 Å². The van der Waals surface area contributed by atoms with Crippen molar-refractivity contribution in [2.75, 3.05) is 0 Å². The number of rotatable bonds is 3. The molecule has 3 heteroatoms. The third-order valence-electron chi connectivity index (χ3n) is 3.75. The standard InChI is InChI=1S/C15H21NO2/c1-10-6-7-11(2)12(8-10)9-13-4-3-5-14(16-13)15(17)18/h6-8,13-14,16H,3-5,9H2,1-2H3,(H,17,18). The van der Waals surface area contributed by atoms with E-state index in [1.807, 2.05) is 0 Å². The van der Waals surface area contributed by atoms with Gasteiger partial charge in [-0.2, -0.15) is 0 Å². The van der Waals surface area contributed by atoms with Gasteiger partial charge in [0.15, 0.2) is 0 Å². The fourth-order valence-corrected chi connectivity index (χ4v) is 2.66. The van der Waals surface area contributed by atoms with E-state index in [1.54, 1.807) is 0 Å². The molecule has 1 aliphatic rings. The summed E-state index contributed by atoms with van der Waals surface area (Å²) in [7, 11) is 0. The summed E-state index contributed by atoms with van der Waals surface area (Å²) in [4.78, 5) is 11.0. The maximum absolute atomic E-state index is 11.0. The normalized spacial score (nSPS) is 23.9. The highest BCUT2D eigenvalue weighted by Crippen LogP contribution is 2.19. The number of piperidine rings is 1. The van der Waals surface area contributed by atoms with Crippen molar-refractivity contribution in [2.24, 2.45) is 0 Å². The maximum atomic E-state index is 11.0. The second-order valence-corrected chi connectivity index (χ2v) is 5.32. The predicted octanol–water partition coefficient (Wildman–Crippen LogP) is 2.44. The molecule has 3 nitrogen and oxygen atoms in total. The van der Waals surface area contributed by atoms with Crippen LogP contribution in [-0.4, -0.2) is 23.2 Å². The summed E-state index contributed by atoms with van der Waals surface area (Å²) in [5, 5.41) is 12.3. The fraction of sp³-hybridized carbons (Fsp3) is 0.533. The molecule has 1 heterocycles. The van der Waals surface area contributed by atoms with Crippen LogP contribution in [0.5, 0.6) is 0 Å². The topological polar surface area (TPSA) is 49.3 Å². The summed E-state index contributed by atoms with van der Waals surface area (Å²) >= 11 is 0. The highest BCUT2D eigenvalue weighted by atomic mass is 16.4. The van der Waals surface area contributed by atoms with E-state index in [0.717, 1.165) is 25.7 Å². The molecule has 0 spiro atoms. The van der Waals surface area contributed by atoms with E-state index in [-0.39, 0.29) is 6.04 Å². The van der Waals surface area contributed by atoms with Crippen LogP contribution >= 0.6 is 0 Å². The number of aryl methyl sites for hydroxylation is 2. The van der Waals surface area contributed by atoms with E-state index >= 15 is 0 Å². The van der Waals surface area contributed by atoms with E-state index in [4.69, 9.17) is 5.11 Å². The zero-order chi connectivity index (χ0) is 13.1. The Hall–Kier alpha value is -1.35. The quantitative estimate of drug-likeness (QED) is 0.862. The van der Waals surface area contributed by atoms with Gasteiger partial charge in [-0.1, -0.05) is 23.8 Å². The van der Waals surface area contributed by atoms with Crippen molar-refractivity contribution in [3.8, 4) is 0 Å². The first-order chi connectivity index (χ1) is 8.56. The summed E-state index contributed by atoms with van der Waals surface area (Å²) in [5.41, 5.74) is 3.89. The molecular formula is C15H21NO2. The van der Waals surface area contributed by atoms with Gasteiger partial charge in [0, 0.05) is 6.04 Å². The summed E-state index contributed by atoms with van der Waals surface area (Å²) in [5.74, 6) is -0.722. The zero-order valence-corrected chi connectivity index (χ0v) is 11.1.